The Morgan fingerprint density at radius 2 is 1.95 bits per heavy atom. The molecule has 0 radical (unpaired) electrons. The number of nitrogens with zero attached hydrogens (tertiary/aromatic N) is 1. The average Bonchev–Trinajstić information content (AvgIpc) is 2.43. The Hall–Kier alpha value is -0.240. The third-order valence-corrected chi connectivity index (χ3v) is 3.19. The number of aliphatic hydroxyl groups excluding tert-OH is 2. The maximum Gasteiger partial charge on any atom is 0.0900 e. The molecule has 6 heteroatoms. The van der Waals surface area contributed by atoms with E-state index in [1.807, 2.05) is 0 Å². The summed E-state index contributed by atoms with van der Waals surface area (Å²) in [7, 11) is 1.63. The quantitative estimate of drug-likeness (QED) is 0.524. The minimum absolute atomic E-state index is 0.0811. The maximum atomic E-state index is 9.84. The van der Waals surface area contributed by atoms with Gasteiger partial charge in [0.2, 0.25) is 0 Å². The number of aliphatic hydroxyl groups is 2. The Bertz CT molecular complexity index is 209. The zero-order chi connectivity index (χ0) is 13.9. The molecule has 0 spiro atoms. The van der Waals surface area contributed by atoms with Gasteiger partial charge in [-0.3, -0.25) is 0 Å². The van der Waals surface area contributed by atoms with Gasteiger partial charge < -0.3 is 29.3 Å². The molecule has 1 aliphatic heterocycles. The van der Waals surface area contributed by atoms with E-state index in [9.17, 15) is 5.11 Å². The second kappa shape index (κ2) is 10.5. The largest absolute Gasteiger partial charge is 0.394 e. The van der Waals surface area contributed by atoms with Crippen LogP contribution in [0.25, 0.3) is 0 Å². The van der Waals surface area contributed by atoms with Crippen molar-refractivity contribution < 1.29 is 24.4 Å². The van der Waals surface area contributed by atoms with E-state index in [0.29, 0.717) is 33.0 Å². The van der Waals surface area contributed by atoms with Crippen LogP contribution in [-0.2, 0) is 14.2 Å². The fourth-order valence-electron chi connectivity index (χ4n) is 2.19. The number of likely N-dealkylation sites (tertiary alicyclic amines) is 1. The summed E-state index contributed by atoms with van der Waals surface area (Å²) in [5, 5.41) is 18.5. The van der Waals surface area contributed by atoms with Crippen LogP contribution in [0.15, 0.2) is 0 Å². The van der Waals surface area contributed by atoms with Gasteiger partial charge in [-0.1, -0.05) is 0 Å². The van der Waals surface area contributed by atoms with Gasteiger partial charge in [0.15, 0.2) is 0 Å². The molecule has 0 bridgehead atoms. The van der Waals surface area contributed by atoms with Gasteiger partial charge in [-0.2, -0.15) is 0 Å². The Balaban J connectivity index is 2.04. The van der Waals surface area contributed by atoms with E-state index >= 15 is 0 Å². The van der Waals surface area contributed by atoms with Crippen LogP contribution in [0, 0.1) is 0 Å². The Morgan fingerprint density at radius 3 is 2.58 bits per heavy atom. The lowest BCUT2D eigenvalue weighted by atomic mass is 10.1. The molecule has 6 nitrogen and oxygen atoms in total. The zero-order valence-electron chi connectivity index (χ0n) is 11.8. The monoisotopic (exact) mass is 277 g/mol. The summed E-state index contributed by atoms with van der Waals surface area (Å²) in [4.78, 5) is 2.23. The van der Waals surface area contributed by atoms with Crippen LogP contribution in [0.4, 0.5) is 0 Å². The van der Waals surface area contributed by atoms with Crippen molar-refractivity contribution in [2.45, 2.75) is 25.0 Å². The van der Waals surface area contributed by atoms with Crippen LogP contribution in [0.3, 0.4) is 0 Å². The average molecular weight is 277 g/mol. The summed E-state index contributed by atoms with van der Waals surface area (Å²) in [6.45, 7) is 4.41. The Kier molecular flexibility index (Phi) is 9.32. The van der Waals surface area contributed by atoms with Crippen molar-refractivity contribution in [1.82, 2.24) is 4.90 Å². The highest BCUT2D eigenvalue weighted by atomic mass is 16.5. The lowest BCUT2D eigenvalue weighted by Gasteiger charge is -2.32. The number of methoxy groups -OCH3 is 1. The summed E-state index contributed by atoms with van der Waals surface area (Å²) in [6.07, 6.45) is 1.71. The van der Waals surface area contributed by atoms with Crippen LogP contribution in [0.5, 0.6) is 0 Å². The van der Waals surface area contributed by atoms with E-state index in [0.717, 1.165) is 25.9 Å². The number of ether oxygens (including phenoxy) is 3. The van der Waals surface area contributed by atoms with Crippen molar-refractivity contribution in [2.24, 2.45) is 0 Å². The van der Waals surface area contributed by atoms with E-state index in [1.54, 1.807) is 7.11 Å². The molecule has 0 saturated carbocycles. The third-order valence-electron chi connectivity index (χ3n) is 3.19. The molecule has 0 aromatic carbocycles. The first-order chi connectivity index (χ1) is 9.26. The highest BCUT2D eigenvalue weighted by Gasteiger charge is 2.21. The molecule has 19 heavy (non-hydrogen) atoms. The minimum atomic E-state index is -0.452. The van der Waals surface area contributed by atoms with Crippen LogP contribution < -0.4 is 0 Å². The van der Waals surface area contributed by atoms with Crippen LogP contribution in [0.2, 0.25) is 0 Å². The molecule has 0 aromatic rings. The number of hydrogen-bond donors (Lipinski definition) is 2. The molecule has 114 valence electrons. The summed E-state index contributed by atoms with van der Waals surface area (Å²) >= 11 is 0. The lowest BCUT2D eigenvalue weighted by molar-refractivity contribution is -0.0290. The topological polar surface area (TPSA) is 71.4 Å². The second-order valence-corrected chi connectivity index (χ2v) is 4.82. The molecule has 0 aliphatic carbocycles. The first kappa shape index (κ1) is 16.8. The molecule has 1 rings (SSSR count). The molecule has 1 saturated heterocycles. The van der Waals surface area contributed by atoms with E-state index in [2.05, 4.69) is 4.90 Å². The predicted octanol–water partition coefficient (Wildman–Crippen LogP) is -0.516. The minimum Gasteiger partial charge on any atom is -0.394 e. The standard InChI is InChI=1S/C13H27NO5/c1-17-8-9-18-11-12(16)10-14-4-2-13(3-5-14)19-7-6-15/h12-13,15-16H,2-11H2,1H3. The van der Waals surface area contributed by atoms with Crippen molar-refractivity contribution in [3.63, 3.8) is 0 Å². The van der Waals surface area contributed by atoms with Crippen LogP contribution in [0.1, 0.15) is 12.8 Å². The van der Waals surface area contributed by atoms with Gasteiger partial charge in [-0.25, -0.2) is 0 Å². The van der Waals surface area contributed by atoms with Gasteiger partial charge in [0.05, 0.1) is 45.2 Å². The second-order valence-electron chi connectivity index (χ2n) is 4.82. The normalized spacial score (nSPS) is 19.7. The summed E-state index contributed by atoms with van der Waals surface area (Å²) < 4.78 is 15.7. The molecule has 1 aliphatic rings. The molecule has 1 fully saturated rings. The fraction of sp³-hybridized carbons (Fsp3) is 1.00. The van der Waals surface area contributed by atoms with Gasteiger partial charge in [0.25, 0.3) is 0 Å². The summed E-state index contributed by atoms with van der Waals surface area (Å²) in [5.74, 6) is 0. The molecular formula is C13H27NO5. The Morgan fingerprint density at radius 1 is 1.21 bits per heavy atom. The van der Waals surface area contributed by atoms with Gasteiger partial charge in [-0.15, -0.1) is 0 Å². The van der Waals surface area contributed by atoms with Crippen molar-refractivity contribution in [3.05, 3.63) is 0 Å². The van der Waals surface area contributed by atoms with E-state index in [1.165, 1.54) is 0 Å². The van der Waals surface area contributed by atoms with Crippen molar-refractivity contribution >= 4 is 0 Å². The maximum absolute atomic E-state index is 9.84. The SMILES string of the molecule is COCCOCC(O)CN1CCC(OCCO)CC1. The molecule has 1 heterocycles. The van der Waals surface area contributed by atoms with Crippen molar-refractivity contribution in [3.8, 4) is 0 Å². The molecule has 1 atom stereocenters. The van der Waals surface area contributed by atoms with Crippen LogP contribution >= 0.6 is 0 Å². The predicted molar refractivity (Wildman–Crippen MR) is 71.2 cm³/mol. The first-order valence-electron chi connectivity index (χ1n) is 6.95. The first-order valence-corrected chi connectivity index (χ1v) is 6.95. The van der Waals surface area contributed by atoms with E-state index in [4.69, 9.17) is 19.3 Å². The molecule has 0 aromatic heterocycles. The molecule has 0 amide bonds. The fourth-order valence-corrected chi connectivity index (χ4v) is 2.19. The van der Waals surface area contributed by atoms with Gasteiger partial charge >= 0.3 is 0 Å². The lowest BCUT2D eigenvalue weighted by Crippen LogP contribution is -2.42. The Labute approximate surface area is 115 Å². The van der Waals surface area contributed by atoms with Crippen LogP contribution in [-0.4, -0.2) is 87.1 Å². The van der Waals surface area contributed by atoms with E-state index < -0.39 is 6.10 Å². The van der Waals surface area contributed by atoms with Gasteiger partial charge in [-0.05, 0) is 12.8 Å². The van der Waals surface area contributed by atoms with Gasteiger partial charge in [0.1, 0.15) is 0 Å². The van der Waals surface area contributed by atoms with Crippen molar-refractivity contribution in [2.75, 3.05) is 59.8 Å². The number of rotatable bonds is 10. The van der Waals surface area contributed by atoms with E-state index in [-0.39, 0.29) is 12.7 Å². The van der Waals surface area contributed by atoms with Crippen molar-refractivity contribution in [1.29, 1.82) is 0 Å². The van der Waals surface area contributed by atoms with Gasteiger partial charge in [0, 0.05) is 26.7 Å². The third kappa shape index (κ3) is 7.81. The summed E-state index contributed by atoms with van der Waals surface area (Å²) in [6, 6.07) is 0. The molecule has 2 N–H and O–H groups in total. The highest BCUT2D eigenvalue weighted by molar-refractivity contribution is 4.74. The smallest absolute Gasteiger partial charge is 0.0900 e. The number of hydrogen-bond acceptors (Lipinski definition) is 6. The molecule has 1 unspecified atom stereocenters. The highest BCUT2D eigenvalue weighted by Crippen LogP contribution is 2.13. The number of piperidine rings is 1. The summed E-state index contributed by atoms with van der Waals surface area (Å²) in [5.41, 5.74) is 0. The zero-order valence-corrected chi connectivity index (χ0v) is 11.8. The molecular weight excluding hydrogens is 250 g/mol. The number of β-amino-alcohol motifs (C(OH)–C–C–N with tert-alkyl or cyclic N) is 1.